The van der Waals surface area contributed by atoms with E-state index in [4.69, 9.17) is 27.9 Å². The van der Waals surface area contributed by atoms with Gasteiger partial charge in [-0.1, -0.05) is 78.7 Å². The fraction of sp³-hybridized carbons (Fsp3) is 0.286. The van der Waals surface area contributed by atoms with E-state index in [0.29, 0.717) is 35.9 Å². The van der Waals surface area contributed by atoms with Crippen LogP contribution in [0.25, 0.3) is 0 Å². The lowest BCUT2D eigenvalue weighted by Gasteiger charge is -2.31. The van der Waals surface area contributed by atoms with Gasteiger partial charge in [0.05, 0.1) is 7.11 Å². The monoisotopic (exact) mass is 512 g/mol. The molecule has 2 amide bonds. The molecule has 3 aromatic rings. The average molecular weight is 513 g/mol. The Balaban J connectivity index is 1.88. The van der Waals surface area contributed by atoms with Gasteiger partial charge < -0.3 is 15.0 Å². The number of carbonyl (C=O) groups is 2. The minimum atomic E-state index is -0.690. The molecule has 1 atom stereocenters. The standard InChI is InChI=1S/C28H30Cl2N2O3/c1-3-7-27(33)32(19-21-10-14-24(35-2)15-11-21)26(16-20-8-5-4-6-9-20)28(34)31-18-22-12-13-23(29)17-25(22)30/h4-6,8-15,17,26H,3,7,16,18-19H2,1-2H3,(H,31,34)/t26-/m0/s1. The number of carbonyl (C=O) groups excluding carboxylic acids is 2. The SMILES string of the molecule is CCCC(=O)N(Cc1ccc(OC)cc1)[C@@H](Cc1ccccc1)C(=O)NCc1ccc(Cl)cc1Cl. The van der Waals surface area contributed by atoms with Crippen molar-refractivity contribution in [2.24, 2.45) is 0 Å². The fourth-order valence-electron chi connectivity index (χ4n) is 3.80. The summed E-state index contributed by atoms with van der Waals surface area (Å²) in [5.74, 6) is 0.431. The van der Waals surface area contributed by atoms with Gasteiger partial charge in [0.25, 0.3) is 0 Å². The summed E-state index contributed by atoms with van der Waals surface area (Å²) in [6.07, 6.45) is 1.45. The predicted octanol–water partition coefficient (Wildman–Crippen LogP) is 6.06. The summed E-state index contributed by atoms with van der Waals surface area (Å²) >= 11 is 12.3. The molecular weight excluding hydrogens is 483 g/mol. The third-order valence-corrected chi connectivity index (χ3v) is 6.30. The Labute approximate surface area is 217 Å². The van der Waals surface area contributed by atoms with Gasteiger partial charge in [-0.05, 0) is 47.4 Å². The first-order chi connectivity index (χ1) is 16.9. The Hall–Kier alpha value is -3.02. The molecule has 0 spiro atoms. The molecule has 0 saturated carbocycles. The summed E-state index contributed by atoms with van der Waals surface area (Å²) in [4.78, 5) is 28.5. The van der Waals surface area contributed by atoms with Crippen LogP contribution in [-0.2, 0) is 29.1 Å². The van der Waals surface area contributed by atoms with E-state index < -0.39 is 6.04 Å². The molecule has 0 aromatic heterocycles. The highest BCUT2D eigenvalue weighted by Crippen LogP contribution is 2.22. The van der Waals surface area contributed by atoms with E-state index in [9.17, 15) is 9.59 Å². The molecule has 1 N–H and O–H groups in total. The zero-order valence-electron chi connectivity index (χ0n) is 20.0. The van der Waals surface area contributed by atoms with Crippen molar-refractivity contribution in [1.29, 1.82) is 0 Å². The van der Waals surface area contributed by atoms with Gasteiger partial charge >= 0.3 is 0 Å². The van der Waals surface area contributed by atoms with Crippen LogP contribution >= 0.6 is 23.2 Å². The lowest BCUT2D eigenvalue weighted by Crippen LogP contribution is -2.50. The van der Waals surface area contributed by atoms with E-state index >= 15 is 0 Å². The number of benzene rings is 3. The zero-order valence-corrected chi connectivity index (χ0v) is 21.5. The maximum Gasteiger partial charge on any atom is 0.243 e. The molecule has 0 aliphatic heterocycles. The first kappa shape index (κ1) is 26.6. The lowest BCUT2D eigenvalue weighted by atomic mass is 10.0. The van der Waals surface area contributed by atoms with Gasteiger partial charge in [-0.25, -0.2) is 0 Å². The summed E-state index contributed by atoms with van der Waals surface area (Å²) in [5.41, 5.74) is 2.65. The van der Waals surface area contributed by atoms with Crippen molar-refractivity contribution in [3.63, 3.8) is 0 Å². The molecule has 184 valence electrons. The van der Waals surface area contributed by atoms with Gasteiger partial charge in [0.2, 0.25) is 11.8 Å². The quantitative estimate of drug-likeness (QED) is 0.339. The van der Waals surface area contributed by atoms with Gasteiger partial charge in [-0.3, -0.25) is 9.59 Å². The zero-order chi connectivity index (χ0) is 25.2. The highest BCUT2D eigenvalue weighted by Gasteiger charge is 2.30. The van der Waals surface area contributed by atoms with Crippen LogP contribution in [0, 0.1) is 0 Å². The Bertz CT molecular complexity index is 1120. The second-order valence-corrected chi connectivity index (χ2v) is 9.12. The van der Waals surface area contributed by atoms with Crippen molar-refractivity contribution >= 4 is 35.0 Å². The van der Waals surface area contributed by atoms with Crippen molar-refractivity contribution in [1.82, 2.24) is 10.2 Å². The number of nitrogens with one attached hydrogen (secondary N) is 1. The van der Waals surface area contributed by atoms with E-state index in [1.165, 1.54) is 0 Å². The molecule has 0 radical (unpaired) electrons. The first-order valence-corrected chi connectivity index (χ1v) is 12.3. The van der Waals surface area contributed by atoms with Crippen LogP contribution in [-0.4, -0.2) is 29.9 Å². The van der Waals surface area contributed by atoms with Crippen molar-refractivity contribution in [2.45, 2.75) is 45.3 Å². The average Bonchev–Trinajstić information content (AvgIpc) is 2.86. The molecule has 0 aliphatic carbocycles. The van der Waals surface area contributed by atoms with Crippen LogP contribution in [0.5, 0.6) is 5.75 Å². The van der Waals surface area contributed by atoms with E-state index in [-0.39, 0.29) is 18.4 Å². The van der Waals surface area contributed by atoms with Gasteiger partial charge in [-0.2, -0.15) is 0 Å². The van der Waals surface area contributed by atoms with E-state index in [0.717, 1.165) is 22.4 Å². The Morgan fingerprint density at radius 2 is 1.69 bits per heavy atom. The number of hydrogen-bond donors (Lipinski definition) is 1. The van der Waals surface area contributed by atoms with Crippen LogP contribution in [0.1, 0.15) is 36.5 Å². The number of hydrogen-bond acceptors (Lipinski definition) is 3. The van der Waals surface area contributed by atoms with Crippen molar-refractivity contribution < 1.29 is 14.3 Å². The molecule has 3 aromatic carbocycles. The van der Waals surface area contributed by atoms with Crippen LogP contribution < -0.4 is 10.1 Å². The summed E-state index contributed by atoms with van der Waals surface area (Å²) in [5, 5.41) is 3.99. The normalized spacial score (nSPS) is 11.5. The Morgan fingerprint density at radius 3 is 2.31 bits per heavy atom. The Morgan fingerprint density at radius 1 is 0.971 bits per heavy atom. The molecule has 0 saturated heterocycles. The number of nitrogens with zero attached hydrogens (tertiary/aromatic N) is 1. The number of amides is 2. The van der Waals surface area contributed by atoms with E-state index in [1.54, 1.807) is 30.2 Å². The summed E-state index contributed by atoms with van der Waals surface area (Å²) < 4.78 is 5.25. The highest BCUT2D eigenvalue weighted by molar-refractivity contribution is 6.35. The molecule has 0 bridgehead atoms. The fourth-order valence-corrected chi connectivity index (χ4v) is 4.28. The van der Waals surface area contributed by atoms with Crippen LogP contribution in [0.15, 0.2) is 72.8 Å². The van der Waals surface area contributed by atoms with Crippen LogP contribution in [0.4, 0.5) is 0 Å². The van der Waals surface area contributed by atoms with Gasteiger partial charge in [0, 0.05) is 36.0 Å². The summed E-state index contributed by atoms with van der Waals surface area (Å²) in [7, 11) is 1.61. The summed E-state index contributed by atoms with van der Waals surface area (Å²) in [6.45, 7) is 2.51. The molecule has 3 rings (SSSR count). The predicted molar refractivity (Wildman–Crippen MR) is 141 cm³/mol. The lowest BCUT2D eigenvalue weighted by molar-refractivity contribution is -0.141. The molecule has 7 heteroatoms. The second kappa shape index (κ2) is 13.2. The third kappa shape index (κ3) is 7.74. The molecule has 0 fully saturated rings. The molecule has 5 nitrogen and oxygen atoms in total. The first-order valence-electron chi connectivity index (χ1n) is 11.6. The third-order valence-electron chi connectivity index (χ3n) is 5.72. The maximum atomic E-state index is 13.5. The highest BCUT2D eigenvalue weighted by atomic mass is 35.5. The number of rotatable bonds is 11. The van der Waals surface area contributed by atoms with Crippen LogP contribution in [0.2, 0.25) is 10.0 Å². The van der Waals surface area contributed by atoms with E-state index in [1.807, 2.05) is 61.5 Å². The summed E-state index contributed by atoms with van der Waals surface area (Å²) in [6, 6.07) is 21.7. The molecule has 35 heavy (non-hydrogen) atoms. The number of halogens is 2. The maximum absolute atomic E-state index is 13.5. The minimum Gasteiger partial charge on any atom is -0.497 e. The van der Waals surface area contributed by atoms with Crippen LogP contribution in [0.3, 0.4) is 0 Å². The number of methoxy groups -OCH3 is 1. The van der Waals surface area contributed by atoms with Gasteiger partial charge in [0.15, 0.2) is 0 Å². The molecular formula is C28H30Cl2N2O3. The molecule has 0 heterocycles. The molecule has 0 aliphatic rings. The van der Waals surface area contributed by atoms with Crippen molar-refractivity contribution in [3.05, 3.63) is 99.5 Å². The topological polar surface area (TPSA) is 58.6 Å². The van der Waals surface area contributed by atoms with Crippen molar-refractivity contribution in [2.75, 3.05) is 7.11 Å². The van der Waals surface area contributed by atoms with Gasteiger partial charge in [0.1, 0.15) is 11.8 Å². The molecule has 0 unspecified atom stereocenters. The minimum absolute atomic E-state index is 0.0658. The second-order valence-electron chi connectivity index (χ2n) is 8.28. The number of ether oxygens (including phenoxy) is 1. The van der Waals surface area contributed by atoms with E-state index in [2.05, 4.69) is 5.32 Å². The smallest absolute Gasteiger partial charge is 0.243 e. The van der Waals surface area contributed by atoms with Gasteiger partial charge in [-0.15, -0.1) is 0 Å². The van der Waals surface area contributed by atoms with Crippen molar-refractivity contribution in [3.8, 4) is 5.75 Å². The Kier molecular flexibility index (Phi) is 10.0. The largest absolute Gasteiger partial charge is 0.497 e.